The fraction of sp³-hybridized carbons (Fsp3) is 0. The summed E-state index contributed by atoms with van der Waals surface area (Å²) in [5.74, 6) is 0.724. The molecule has 156 valence electrons. The van der Waals surface area contributed by atoms with Crippen LogP contribution in [-0.4, -0.2) is 14.6 Å². The molecule has 4 aromatic carbocycles. The van der Waals surface area contributed by atoms with E-state index in [-0.39, 0.29) is 0 Å². The van der Waals surface area contributed by atoms with Gasteiger partial charge in [0, 0.05) is 11.1 Å². The number of hydrogen-bond acceptors (Lipinski definition) is 2. The maximum absolute atomic E-state index is 4.93. The largest absolute Gasteiger partial charge is 0.213 e. The molecule has 0 atom stereocenters. The molecule has 3 heteroatoms. The highest BCUT2D eigenvalue weighted by Crippen LogP contribution is 2.40. The zero-order valence-corrected chi connectivity index (χ0v) is 18.0. The van der Waals surface area contributed by atoms with Gasteiger partial charge in [0.05, 0.1) is 5.69 Å². The number of pyridine rings is 1. The maximum atomic E-state index is 4.93. The highest BCUT2D eigenvalue weighted by molar-refractivity contribution is 5.93. The summed E-state index contributed by atoms with van der Waals surface area (Å²) in [6, 6.07) is 43.9. The highest BCUT2D eigenvalue weighted by atomic mass is 15.3. The molecule has 6 aromatic rings. The number of aromatic nitrogens is 3. The van der Waals surface area contributed by atoms with Crippen molar-refractivity contribution in [2.45, 2.75) is 0 Å². The molecule has 0 aliphatic carbocycles. The van der Waals surface area contributed by atoms with Gasteiger partial charge < -0.3 is 0 Å². The Bertz CT molecular complexity index is 1480. The number of rotatable bonds is 4. The third-order valence-corrected chi connectivity index (χ3v) is 5.88. The van der Waals surface area contributed by atoms with E-state index >= 15 is 0 Å². The fourth-order valence-electron chi connectivity index (χ4n) is 4.35. The average Bonchev–Trinajstić information content (AvgIpc) is 3.35. The van der Waals surface area contributed by atoms with Crippen LogP contribution in [0.25, 0.3) is 50.5 Å². The van der Waals surface area contributed by atoms with Crippen molar-refractivity contribution in [2.75, 3.05) is 0 Å². The minimum absolute atomic E-state index is 0.724. The van der Waals surface area contributed by atoms with Crippen molar-refractivity contribution < 1.29 is 0 Å². The van der Waals surface area contributed by atoms with Crippen molar-refractivity contribution in [3.8, 4) is 44.9 Å². The summed E-state index contributed by atoms with van der Waals surface area (Å²) in [6.45, 7) is 0. The summed E-state index contributed by atoms with van der Waals surface area (Å²) in [5, 5.41) is 4.93. The van der Waals surface area contributed by atoms with Crippen LogP contribution in [0.2, 0.25) is 0 Å². The van der Waals surface area contributed by atoms with E-state index in [1.54, 1.807) is 0 Å². The molecule has 0 unspecified atom stereocenters. The number of fused-ring (bicyclic) bond motifs is 1. The van der Waals surface area contributed by atoms with Crippen LogP contribution in [0, 0.1) is 0 Å². The van der Waals surface area contributed by atoms with Gasteiger partial charge in [0.15, 0.2) is 11.5 Å². The molecule has 2 heterocycles. The second-order valence-corrected chi connectivity index (χ2v) is 7.94. The van der Waals surface area contributed by atoms with E-state index in [0.717, 1.165) is 28.3 Å². The quantitative estimate of drug-likeness (QED) is 0.296. The van der Waals surface area contributed by atoms with E-state index in [9.17, 15) is 0 Å². The first-order valence-corrected chi connectivity index (χ1v) is 11.0. The van der Waals surface area contributed by atoms with Crippen molar-refractivity contribution in [3.05, 3.63) is 127 Å². The van der Waals surface area contributed by atoms with Gasteiger partial charge in [-0.25, -0.2) is 9.50 Å². The van der Waals surface area contributed by atoms with Crippen LogP contribution in [0.15, 0.2) is 127 Å². The van der Waals surface area contributed by atoms with Gasteiger partial charge in [-0.2, -0.15) is 0 Å². The Balaban J connectivity index is 1.66. The minimum atomic E-state index is 0.724. The average molecular weight is 424 g/mol. The Kier molecular flexibility index (Phi) is 4.78. The van der Waals surface area contributed by atoms with Gasteiger partial charge in [0.1, 0.15) is 0 Å². The molecule has 0 fully saturated rings. The van der Waals surface area contributed by atoms with Crippen LogP contribution in [0.1, 0.15) is 0 Å². The van der Waals surface area contributed by atoms with Crippen LogP contribution in [-0.2, 0) is 0 Å². The lowest BCUT2D eigenvalue weighted by molar-refractivity contribution is 0.974. The first-order valence-electron chi connectivity index (χ1n) is 11.0. The summed E-state index contributed by atoms with van der Waals surface area (Å²) < 4.78 is 1.97. The predicted octanol–water partition coefficient (Wildman–Crippen LogP) is 7.40. The lowest BCUT2D eigenvalue weighted by atomic mass is 9.89. The maximum Gasteiger partial charge on any atom is 0.182 e. The van der Waals surface area contributed by atoms with Crippen molar-refractivity contribution in [1.82, 2.24) is 14.6 Å². The Labute approximate surface area is 192 Å². The highest BCUT2D eigenvalue weighted by Gasteiger charge is 2.18. The Morgan fingerprint density at radius 3 is 1.55 bits per heavy atom. The van der Waals surface area contributed by atoms with Crippen LogP contribution < -0.4 is 0 Å². The summed E-state index contributed by atoms with van der Waals surface area (Å²) >= 11 is 0. The smallest absolute Gasteiger partial charge is 0.182 e. The topological polar surface area (TPSA) is 30.2 Å². The van der Waals surface area contributed by atoms with Crippen molar-refractivity contribution in [3.63, 3.8) is 0 Å². The molecule has 0 saturated carbocycles. The molecule has 2 aromatic heterocycles. The summed E-state index contributed by atoms with van der Waals surface area (Å²) in [6.07, 6.45) is 0. The lowest BCUT2D eigenvalue weighted by Gasteiger charge is -2.16. The summed E-state index contributed by atoms with van der Waals surface area (Å²) in [4.78, 5) is 4.83. The number of hydrogen-bond donors (Lipinski definition) is 0. The van der Waals surface area contributed by atoms with E-state index in [1.807, 2.05) is 40.9 Å². The molecular formula is C30H21N3. The molecule has 6 rings (SSSR count). The van der Waals surface area contributed by atoms with Crippen molar-refractivity contribution in [2.24, 2.45) is 0 Å². The molecule has 0 saturated heterocycles. The monoisotopic (exact) mass is 423 g/mol. The van der Waals surface area contributed by atoms with E-state index in [2.05, 4.69) is 91.0 Å². The van der Waals surface area contributed by atoms with Gasteiger partial charge in [-0.15, -0.1) is 5.10 Å². The van der Waals surface area contributed by atoms with Crippen molar-refractivity contribution >= 4 is 5.65 Å². The van der Waals surface area contributed by atoms with E-state index in [1.165, 1.54) is 22.3 Å². The number of nitrogens with zero attached hydrogens (tertiary/aromatic N) is 3. The van der Waals surface area contributed by atoms with Crippen LogP contribution in [0.3, 0.4) is 0 Å². The molecule has 0 spiro atoms. The van der Waals surface area contributed by atoms with Gasteiger partial charge in [0.2, 0.25) is 0 Å². The second-order valence-electron chi connectivity index (χ2n) is 7.94. The van der Waals surface area contributed by atoms with Gasteiger partial charge in [0.25, 0.3) is 0 Å². The van der Waals surface area contributed by atoms with Gasteiger partial charge in [-0.3, -0.25) is 0 Å². The molecule has 3 nitrogen and oxygen atoms in total. The molecular weight excluding hydrogens is 402 g/mol. The third-order valence-electron chi connectivity index (χ3n) is 5.88. The van der Waals surface area contributed by atoms with Gasteiger partial charge >= 0.3 is 0 Å². The summed E-state index contributed by atoms with van der Waals surface area (Å²) in [5.41, 5.74) is 8.67. The first-order chi connectivity index (χ1) is 16.4. The fourth-order valence-corrected chi connectivity index (χ4v) is 4.35. The molecule has 0 N–H and O–H groups in total. The van der Waals surface area contributed by atoms with Crippen molar-refractivity contribution in [1.29, 1.82) is 0 Å². The Morgan fingerprint density at radius 2 is 0.970 bits per heavy atom. The third kappa shape index (κ3) is 3.50. The Morgan fingerprint density at radius 1 is 0.455 bits per heavy atom. The molecule has 0 radical (unpaired) electrons. The second kappa shape index (κ2) is 8.21. The molecule has 0 amide bonds. The first kappa shape index (κ1) is 19.2. The van der Waals surface area contributed by atoms with E-state index < -0.39 is 0 Å². The van der Waals surface area contributed by atoms with Crippen LogP contribution >= 0.6 is 0 Å². The standard InChI is InChI=1S/C30H21N3/c1-4-12-22(13-5-1)25-18-10-19-26(23-14-6-2-7-15-23)29(25)27-20-11-21-28-31-30(32-33(27)28)24-16-8-3-9-17-24/h1-21H. The lowest BCUT2D eigenvalue weighted by Crippen LogP contribution is -1.98. The van der Waals surface area contributed by atoms with Gasteiger partial charge in [-0.05, 0) is 34.4 Å². The molecule has 33 heavy (non-hydrogen) atoms. The van der Waals surface area contributed by atoms with E-state index in [4.69, 9.17) is 10.1 Å². The minimum Gasteiger partial charge on any atom is -0.213 e. The van der Waals surface area contributed by atoms with Gasteiger partial charge in [-0.1, -0.05) is 115 Å². The Hall–Kier alpha value is -4.50. The molecule has 0 bridgehead atoms. The zero-order valence-electron chi connectivity index (χ0n) is 18.0. The number of benzene rings is 4. The SMILES string of the molecule is c1ccc(-c2nc3cccc(-c4c(-c5ccccc5)cccc4-c4ccccc4)n3n2)cc1. The predicted molar refractivity (Wildman–Crippen MR) is 135 cm³/mol. The van der Waals surface area contributed by atoms with Crippen LogP contribution in [0.5, 0.6) is 0 Å². The molecule has 0 aliphatic heterocycles. The van der Waals surface area contributed by atoms with E-state index in [0.29, 0.717) is 0 Å². The zero-order chi connectivity index (χ0) is 22.0. The summed E-state index contributed by atoms with van der Waals surface area (Å²) in [7, 11) is 0. The van der Waals surface area contributed by atoms with Crippen LogP contribution in [0.4, 0.5) is 0 Å². The molecule has 0 aliphatic rings. The normalized spacial score (nSPS) is 11.0.